The van der Waals surface area contributed by atoms with E-state index in [9.17, 15) is 9.59 Å². The van der Waals surface area contributed by atoms with Crippen molar-refractivity contribution in [3.05, 3.63) is 34.3 Å². The van der Waals surface area contributed by atoms with E-state index in [1.54, 1.807) is 0 Å². The van der Waals surface area contributed by atoms with Gasteiger partial charge in [-0.3, -0.25) is 9.59 Å². The fraction of sp³-hybridized carbons (Fsp3) is 0.556. The molecule has 130 valence electrons. The number of carbonyl (C=O) groups excluding carboxylic acids is 2. The third kappa shape index (κ3) is 4.36. The van der Waals surface area contributed by atoms with E-state index >= 15 is 0 Å². The highest BCUT2D eigenvalue weighted by molar-refractivity contribution is 9.10. The summed E-state index contributed by atoms with van der Waals surface area (Å²) in [6, 6.07) is 7.85. The Morgan fingerprint density at radius 2 is 1.62 bits per heavy atom. The number of amides is 2. The number of benzene rings is 1. The van der Waals surface area contributed by atoms with Crippen molar-refractivity contribution in [2.45, 2.75) is 19.3 Å². The second kappa shape index (κ2) is 8.12. The van der Waals surface area contributed by atoms with Crippen molar-refractivity contribution < 1.29 is 14.3 Å². The number of hydrogen-bond donors (Lipinski definition) is 0. The highest BCUT2D eigenvalue weighted by Gasteiger charge is 2.30. The van der Waals surface area contributed by atoms with Crippen molar-refractivity contribution in [2.24, 2.45) is 5.92 Å². The van der Waals surface area contributed by atoms with Crippen molar-refractivity contribution in [3.8, 4) is 0 Å². The van der Waals surface area contributed by atoms with E-state index in [2.05, 4.69) is 15.9 Å². The van der Waals surface area contributed by atoms with Gasteiger partial charge in [-0.1, -0.05) is 28.1 Å². The molecule has 2 amide bonds. The Labute approximate surface area is 151 Å². The summed E-state index contributed by atoms with van der Waals surface area (Å²) < 4.78 is 6.31. The second-order valence-corrected chi connectivity index (χ2v) is 7.31. The molecule has 5 nitrogen and oxygen atoms in total. The Hall–Kier alpha value is -1.40. The van der Waals surface area contributed by atoms with Gasteiger partial charge in [-0.25, -0.2) is 0 Å². The molecule has 0 saturated carbocycles. The molecular weight excluding hydrogens is 372 g/mol. The van der Waals surface area contributed by atoms with E-state index in [1.165, 1.54) is 0 Å². The average molecular weight is 395 g/mol. The summed E-state index contributed by atoms with van der Waals surface area (Å²) in [5, 5.41) is 0. The number of ether oxygens (including phenoxy) is 1. The minimum absolute atomic E-state index is 0.0554. The van der Waals surface area contributed by atoms with E-state index in [0.29, 0.717) is 45.8 Å². The fourth-order valence-corrected chi connectivity index (χ4v) is 3.57. The molecule has 0 N–H and O–H groups in total. The summed E-state index contributed by atoms with van der Waals surface area (Å²) in [4.78, 5) is 28.8. The minimum Gasteiger partial charge on any atom is -0.378 e. The lowest BCUT2D eigenvalue weighted by atomic mass is 9.94. The highest BCUT2D eigenvalue weighted by Crippen LogP contribution is 2.21. The first-order valence-corrected chi connectivity index (χ1v) is 9.31. The summed E-state index contributed by atoms with van der Waals surface area (Å²) in [6.07, 6.45) is 1.96. The van der Waals surface area contributed by atoms with Gasteiger partial charge in [0.05, 0.1) is 19.6 Å². The van der Waals surface area contributed by atoms with E-state index in [4.69, 9.17) is 4.74 Å². The van der Waals surface area contributed by atoms with Gasteiger partial charge in [0, 0.05) is 36.6 Å². The molecule has 1 aromatic rings. The molecule has 0 bridgehead atoms. The molecule has 0 aromatic heterocycles. The Morgan fingerprint density at radius 3 is 2.25 bits per heavy atom. The molecule has 3 rings (SSSR count). The van der Waals surface area contributed by atoms with E-state index < -0.39 is 0 Å². The van der Waals surface area contributed by atoms with Crippen LogP contribution in [-0.4, -0.2) is 61.0 Å². The summed E-state index contributed by atoms with van der Waals surface area (Å²) in [5.74, 6) is 0.438. The van der Waals surface area contributed by atoms with Crippen molar-refractivity contribution in [3.63, 3.8) is 0 Å². The molecule has 0 radical (unpaired) electrons. The van der Waals surface area contributed by atoms with Crippen molar-refractivity contribution in [1.82, 2.24) is 9.80 Å². The normalized spacial score (nSPS) is 19.4. The van der Waals surface area contributed by atoms with Crippen LogP contribution >= 0.6 is 15.9 Å². The van der Waals surface area contributed by atoms with Crippen LogP contribution in [-0.2, 0) is 20.7 Å². The standard InChI is InChI=1S/C18H23BrN2O3/c19-16-3-1-14(2-4-16)13-17(22)20-7-5-15(6-8-20)18(23)21-9-11-24-12-10-21/h1-4,15H,5-13H2. The van der Waals surface area contributed by atoms with E-state index in [0.717, 1.165) is 22.9 Å². The lowest BCUT2D eigenvalue weighted by Gasteiger charge is -2.35. The van der Waals surface area contributed by atoms with Gasteiger partial charge < -0.3 is 14.5 Å². The van der Waals surface area contributed by atoms with Gasteiger partial charge in [-0.05, 0) is 30.5 Å². The number of likely N-dealkylation sites (tertiary alicyclic amines) is 1. The molecule has 2 fully saturated rings. The Balaban J connectivity index is 1.48. The predicted molar refractivity (Wildman–Crippen MR) is 94.5 cm³/mol. The van der Waals surface area contributed by atoms with E-state index in [-0.39, 0.29) is 17.7 Å². The smallest absolute Gasteiger partial charge is 0.226 e. The molecule has 6 heteroatoms. The summed E-state index contributed by atoms with van der Waals surface area (Å²) in [5.41, 5.74) is 1.02. The van der Waals surface area contributed by atoms with Crippen LogP contribution < -0.4 is 0 Å². The summed E-state index contributed by atoms with van der Waals surface area (Å²) in [6.45, 7) is 4.02. The van der Waals surface area contributed by atoms with Crippen LogP contribution in [0.3, 0.4) is 0 Å². The van der Waals surface area contributed by atoms with Crippen LogP contribution in [0.1, 0.15) is 18.4 Å². The summed E-state index contributed by atoms with van der Waals surface area (Å²) >= 11 is 3.40. The molecule has 0 unspecified atom stereocenters. The first kappa shape index (κ1) is 17.4. The van der Waals surface area contributed by atoms with Crippen LogP contribution in [0.15, 0.2) is 28.7 Å². The van der Waals surface area contributed by atoms with Crippen molar-refractivity contribution >= 4 is 27.7 Å². The van der Waals surface area contributed by atoms with Crippen molar-refractivity contribution in [1.29, 1.82) is 0 Å². The first-order chi connectivity index (χ1) is 11.6. The predicted octanol–water partition coefficient (Wildman–Crippen LogP) is 2.09. The molecule has 24 heavy (non-hydrogen) atoms. The quantitative estimate of drug-likeness (QED) is 0.788. The zero-order valence-electron chi connectivity index (χ0n) is 13.7. The first-order valence-electron chi connectivity index (χ1n) is 8.52. The van der Waals surface area contributed by atoms with Gasteiger partial charge in [-0.2, -0.15) is 0 Å². The Morgan fingerprint density at radius 1 is 1.00 bits per heavy atom. The highest BCUT2D eigenvalue weighted by atomic mass is 79.9. The third-order valence-corrected chi connectivity index (χ3v) is 5.32. The van der Waals surface area contributed by atoms with Gasteiger partial charge in [-0.15, -0.1) is 0 Å². The molecule has 2 aliphatic rings. The SMILES string of the molecule is O=C(Cc1ccc(Br)cc1)N1CCC(C(=O)N2CCOCC2)CC1. The number of halogens is 1. The van der Waals surface area contributed by atoms with Crippen LogP contribution in [0.5, 0.6) is 0 Å². The second-order valence-electron chi connectivity index (χ2n) is 6.40. The molecule has 2 saturated heterocycles. The topological polar surface area (TPSA) is 49.9 Å². The molecular formula is C18H23BrN2O3. The van der Waals surface area contributed by atoms with Crippen molar-refractivity contribution in [2.75, 3.05) is 39.4 Å². The lowest BCUT2D eigenvalue weighted by Crippen LogP contribution is -2.47. The minimum atomic E-state index is 0.0554. The zero-order valence-corrected chi connectivity index (χ0v) is 15.3. The number of morpholine rings is 1. The molecule has 0 aliphatic carbocycles. The van der Waals surface area contributed by atoms with Crippen LogP contribution in [0.25, 0.3) is 0 Å². The Kier molecular flexibility index (Phi) is 5.89. The molecule has 2 heterocycles. The number of piperidine rings is 1. The van der Waals surface area contributed by atoms with E-state index in [1.807, 2.05) is 34.1 Å². The van der Waals surface area contributed by atoms with Crippen LogP contribution in [0.2, 0.25) is 0 Å². The molecule has 2 aliphatic heterocycles. The Bertz CT molecular complexity index is 576. The third-order valence-electron chi connectivity index (χ3n) is 4.79. The van der Waals surface area contributed by atoms with Crippen LogP contribution in [0, 0.1) is 5.92 Å². The fourth-order valence-electron chi connectivity index (χ4n) is 3.31. The average Bonchev–Trinajstić information content (AvgIpc) is 2.64. The molecule has 0 spiro atoms. The van der Waals surface area contributed by atoms with Crippen LogP contribution in [0.4, 0.5) is 0 Å². The monoisotopic (exact) mass is 394 g/mol. The maximum absolute atomic E-state index is 12.5. The van der Waals surface area contributed by atoms with Gasteiger partial charge in [0.25, 0.3) is 0 Å². The number of hydrogen-bond acceptors (Lipinski definition) is 3. The van der Waals surface area contributed by atoms with Gasteiger partial charge in [0.1, 0.15) is 0 Å². The number of nitrogens with zero attached hydrogens (tertiary/aromatic N) is 2. The molecule has 1 aromatic carbocycles. The van der Waals surface area contributed by atoms with Gasteiger partial charge in [0.15, 0.2) is 0 Å². The largest absolute Gasteiger partial charge is 0.378 e. The molecule has 0 atom stereocenters. The maximum atomic E-state index is 12.5. The number of rotatable bonds is 3. The number of carbonyl (C=O) groups is 2. The lowest BCUT2D eigenvalue weighted by molar-refractivity contribution is -0.143. The maximum Gasteiger partial charge on any atom is 0.226 e. The zero-order chi connectivity index (χ0) is 16.9. The van der Waals surface area contributed by atoms with Gasteiger partial charge >= 0.3 is 0 Å². The van der Waals surface area contributed by atoms with Gasteiger partial charge in [0.2, 0.25) is 11.8 Å². The summed E-state index contributed by atoms with van der Waals surface area (Å²) in [7, 11) is 0.